The Balaban J connectivity index is 1.95. The van der Waals surface area contributed by atoms with Crippen molar-refractivity contribution in [1.82, 2.24) is 10.2 Å². The van der Waals surface area contributed by atoms with Gasteiger partial charge >= 0.3 is 0 Å². The number of hydrogen-bond acceptors (Lipinski definition) is 2. The van der Waals surface area contributed by atoms with Gasteiger partial charge in [0.1, 0.15) is 11.9 Å². The van der Waals surface area contributed by atoms with Crippen molar-refractivity contribution in [3.63, 3.8) is 0 Å². The highest BCUT2D eigenvalue weighted by atomic mass is 35.5. The van der Waals surface area contributed by atoms with Gasteiger partial charge in [-0.15, -0.1) is 0 Å². The van der Waals surface area contributed by atoms with E-state index in [1.54, 1.807) is 23.1 Å². The Kier molecular flexibility index (Phi) is 9.02. The normalized spacial score (nSPS) is 11.6. The molecule has 172 valence electrons. The minimum atomic E-state index is -0.719. The van der Waals surface area contributed by atoms with Gasteiger partial charge in [0.15, 0.2) is 0 Å². The van der Waals surface area contributed by atoms with Crippen molar-refractivity contribution in [2.75, 3.05) is 6.54 Å². The average Bonchev–Trinajstić information content (AvgIpc) is 2.83. The maximum Gasteiger partial charge on any atom is 0.243 e. The van der Waals surface area contributed by atoms with E-state index in [1.807, 2.05) is 55.5 Å². The van der Waals surface area contributed by atoms with Crippen LogP contribution < -0.4 is 5.32 Å². The number of carbonyl (C=O) groups is 2. The highest BCUT2D eigenvalue weighted by molar-refractivity contribution is 6.31. The highest BCUT2D eigenvalue weighted by Crippen LogP contribution is 2.21. The first-order chi connectivity index (χ1) is 16.0. The lowest BCUT2D eigenvalue weighted by atomic mass is 10.0. The average molecular weight is 467 g/mol. The van der Waals surface area contributed by atoms with Crippen LogP contribution in [0.25, 0.3) is 0 Å². The van der Waals surface area contributed by atoms with Gasteiger partial charge in [-0.05, 0) is 41.3 Å². The van der Waals surface area contributed by atoms with Crippen LogP contribution in [0.15, 0.2) is 78.9 Å². The summed E-state index contributed by atoms with van der Waals surface area (Å²) in [5.74, 6) is -0.797. The Morgan fingerprint density at radius 3 is 2.27 bits per heavy atom. The van der Waals surface area contributed by atoms with Gasteiger partial charge in [-0.2, -0.15) is 0 Å². The van der Waals surface area contributed by atoms with Gasteiger partial charge < -0.3 is 10.2 Å². The summed E-state index contributed by atoms with van der Waals surface area (Å²) < 4.78 is 13.3. The fraction of sp³-hybridized carbons (Fsp3) is 0.259. The highest BCUT2D eigenvalue weighted by Gasteiger charge is 2.30. The van der Waals surface area contributed by atoms with Crippen LogP contribution in [0, 0.1) is 5.82 Å². The molecular formula is C27H28ClFN2O2. The van der Waals surface area contributed by atoms with Crippen LogP contribution in [0.4, 0.5) is 4.39 Å². The maximum absolute atomic E-state index is 13.5. The summed E-state index contributed by atoms with van der Waals surface area (Å²) in [6.07, 6.45) is 1.21. The van der Waals surface area contributed by atoms with Crippen molar-refractivity contribution >= 4 is 23.4 Å². The SMILES string of the molecule is CCCNC(=O)C(Cc1ccccc1)N(Cc1ccccc1Cl)C(=O)Cc1ccc(F)cc1. The lowest BCUT2D eigenvalue weighted by molar-refractivity contribution is -0.140. The Morgan fingerprint density at radius 2 is 1.61 bits per heavy atom. The third-order valence-electron chi connectivity index (χ3n) is 5.39. The molecule has 0 radical (unpaired) electrons. The van der Waals surface area contributed by atoms with Crippen molar-refractivity contribution < 1.29 is 14.0 Å². The molecule has 1 atom stereocenters. The molecule has 0 fully saturated rings. The van der Waals surface area contributed by atoms with E-state index in [-0.39, 0.29) is 30.6 Å². The largest absolute Gasteiger partial charge is 0.354 e. The Hall–Kier alpha value is -3.18. The first-order valence-corrected chi connectivity index (χ1v) is 11.4. The zero-order valence-corrected chi connectivity index (χ0v) is 19.4. The van der Waals surface area contributed by atoms with Crippen LogP contribution in [0.2, 0.25) is 5.02 Å². The number of benzene rings is 3. The molecule has 6 heteroatoms. The number of rotatable bonds is 10. The van der Waals surface area contributed by atoms with E-state index in [2.05, 4.69) is 5.32 Å². The zero-order valence-electron chi connectivity index (χ0n) is 18.6. The second-order valence-corrected chi connectivity index (χ2v) is 8.32. The van der Waals surface area contributed by atoms with E-state index >= 15 is 0 Å². The van der Waals surface area contributed by atoms with E-state index in [0.29, 0.717) is 23.6 Å². The number of hydrogen-bond donors (Lipinski definition) is 1. The quantitative estimate of drug-likeness (QED) is 0.447. The van der Waals surface area contributed by atoms with Crippen LogP contribution in [0.5, 0.6) is 0 Å². The van der Waals surface area contributed by atoms with E-state index in [4.69, 9.17) is 11.6 Å². The fourth-order valence-corrected chi connectivity index (χ4v) is 3.80. The predicted molar refractivity (Wildman–Crippen MR) is 129 cm³/mol. The van der Waals surface area contributed by atoms with E-state index in [1.165, 1.54) is 12.1 Å². The molecule has 2 amide bonds. The van der Waals surface area contributed by atoms with Crippen LogP contribution >= 0.6 is 11.6 Å². The Morgan fingerprint density at radius 1 is 0.939 bits per heavy atom. The van der Waals surface area contributed by atoms with Gasteiger partial charge in [-0.25, -0.2) is 4.39 Å². The van der Waals surface area contributed by atoms with Gasteiger partial charge in [0.25, 0.3) is 0 Å². The standard InChI is InChI=1S/C27H28ClFN2O2/c1-2-16-30-27(33)25(17-20-8-4-3-5-9-20)31(19-22-10-6-7-11-24(22)28)26(32)18-21-12-14-23(29)15-13-21/h3-15,25H,2,16-19H2,1H3,(H,30,33). The minimum Gasteiger partial charge on any atom is -0.354 e. The van der Waals surface area contributed by atoms with Gasteiger partial charge in [0, 0.05) is 24.5 Å². The van der Waals surface area contributed by atoms with Crippen LogP contribution in [0.1, 0.15) is 30.0 Å². The molecule has 0 heterocycles. The molecule has 4 nitrogen and oxygen atoms in total. The summed E-state index contributed by atoms with van der Waals surface area (Å²) in [6, 6.07) is 22.0. The molecule has 0 bridgehead atoms. The molecule has 33 heavy (non-hydrogen) atoms. The van der Waals surface area contributed by atoms with Gasteiger partial charge in [0.2, 0.25) is 11.8 Å². The molecule has 0 aliphatic rings. The van der Waals surface area contributed by atoms with Crippen molar-refractivity contribution in [3.8, 4) is 0 Å². The molecule has 0 aliphatic heterocycles. The predicted octanol–water partition coefficient (Wildman–Crippen LogP) is 5.19. The van der Waals surface area contributed by atoms with Crippen molar-refractivity contribution in [1.29, 1.82) is 0 Å². The fourth-order valence-electron chi connectivity index (χ4n) is 3.61. The topological polar surface area (TPSA) is 49.4 Å². The summed E-state index contributed by atoms with van der Waals surface area (Å²) >= 11 is 6.40. The number of carbonyl (C=O) groups excluding carboxylic acids is 2. The molecule has 0 aliphatic carbocycles. The monoisotopic (exact) mass is 466 g/mol. The number of nitrogens with one attached hydrogen (secondary N) is 1. The summed E-state index contributed by atoms with van der Waals surface area (Å²) in [5.41, 5.74) is 2.39. The van der Waals surface area contributed by atoms with Gasteiger partial charge in [0.05, 0.1) is 6.42 Å². The van der Waals surface area contributed by atoms with E-state index in [0.717, 1.165) is 17.5 Å². The third kappa shape index (κ3) is 7.16. The molecule has 3 aromatic carbocycles. The van der Waals surface area contributed by atoms with Crippen LogP contribution in [0.3, 0.4) is 0 Å². The first kappa shape index (κ1) is 24.5. The number of amides is 2. The molecule has 1 N–H and O–H groups in total. The lowest BCUT2D eigenvalue weighted by Gasteiger charge is -2.32. The lowest BCUT2D eigenvalue weighted by Crippen LogP contribution is -2.51. The summed E-state index contributed by atoms with van der Waals surface area (Å²) in [7, 11) is 0. The molecule has 3 rings (SSSR count). The minimum absolute atomic E-state index is 0.0527. The Bertz CT molecular complexity index is 1060. The first-order valence-electron chi connectivity index (χ1n) is 11.1. The molecular weight excluding hydrogens is 439 g/mol. The van der Waals surface area contributed by atoms with E-state index in [9.17, 15) is 14.0 Å². The van der Waals surface area contributed by atoms with Crippen molar-refractivity contribution in [2.24, 2.45) is 0 Å². The number of halogens is 2. The summed E-state index contributed by atoms with van der Waals surface area (Å²) in [6.45, 7) is 2.70. The Labute approximate surface area is 199 Å². The summed E-state index contributed by atoms with van der Waals surface area (Å²) in [5, 5.41) is 3.48. The molecule has 0 aromatic heterocycles. The molecule has 0 saturated carbocycles. The number of nitrogens with zero attached hydrogens (tertiary/aromatic N) is 1. The molecule has 3 aromatic rings. The van der Waals surface area contributed by atoms with Crippen molar-refractivity contribution in [3.05, 3.63) is 106 Å². The van der Waals surface area contributed by atoms with Gasteiger partial charge in [-0.1, -0.05) is 79.2 Å². The smallest absolute Gasteiger partial charge is 0.243 e. The van der Waals surface area contributed by atoms with E-state index < -0.39 is 6.04 Å². The second kappa shape index (κ2) is 12.2. The molecule has 0 saturated heterocycles. The van der Waals surface area contributed by atoms with Gasteiger partial charge in [-0.3, -0.25) is 9.59 Å². The molecule has 0 spiro atoms. The zero-order chi connectivity index (χ0) is 23.6. The third-order valence-corrected chi connectivity index (χ3v) is 5.76. The maximum atomic E-state index is 13.5. The van der Waals surface area contributed by atoms with Crippen LogP contribution in [-0.2, 0) is 29.0 Å². The summed E-state index contributed by atoms with van der Waals surface area (Å²) in [4.78, 5) is 28.4. The van der Waals surface area contributed by atoms with Crippen molar-refractivity contribution in [2.45, 2.75) is 38.8 Å². The molecule has 1 unspecified atom stereocenters. The van der Waals surface area contributed by atoms with Crippen LogP contribution in [-0.4, -0.2) is 29.3 Å². The second-order valence-electron chi connectivity index (χ2n) is 7.91.